The van der Waals surface area contributed by atoms with Gasteiger partial charge in [-0.25, -0.2) is 4.79 Å². The molecule has 0 saturated carbocycles. The molecule has 5 nitrogen and oxygen atoms in total. The lowest BCUT2D eigenvalue weighted by molar-refractivity contribution is -0.145. The minimum atomic E-state index is -1.94. The maximum atomic E-state index is 13.4. The molecule has 0 spiro atoms. The van der Waals surface area contributed by atoms with E-state index in [4.69, 9.17) is 9.16 Å². The Labute approximate surface area is 186 Å². The third-order valence-corrected chi connectivity index (χ3v) is 11.1. The molecule has 3 rings (SSSR count). The fraction of sp³-hybridized carbons (Fsp3) is 0.440. The third kappa shape index (κ3) is 4.75. The molecular formula is C25H33NO4Si. The van der Waals surface area contributed by atoms with Gasteiger partial charge in [-0.2, -0.15) is 0 Å². The molecule has 1 amide bonds. The van der Waals surface area contributed by atoms with Crippen molar-refractivity contribution in [1.82, 2.24) is 5.32 Å². The van der Waals surface area contributed by atoms with E-state index in [-0.39, 0.29) is 10.9 Å². The van der Waals surface area contributed by atoms with Gasteiger partial charge in [0.2, 0.25) is 5.91 Å². The van der Waals surface area contributed by atoms with Crippen LogP contribution in [0.15, 0.2) is 48.5 Å². The number of ether oxygens (including phenoxy) is 1. The molecule has 166 valence electrons. The standard InChI is InChI=1S/C25H33NO4Si/c1-25(2,3)31(5,6)30-16-15-21(24(28)29-4)26-23(27)22-19-13-9-7-11-17(19)18-12-8-10-14-20(18)22/h7-14,21-22H,15-16H2,1-6H3,(H,26,27)/t21-/m1/s1. The first-order valence-corrected chi connectivity index (χ1v) is 13.7. The second kappa shape index (κ2) is 8.97. The van der Waals surface area contributed by atoms with Crippen LogP contribution in [0, 0.1) is 0 Å². The maximum absolute atomic E-state index is 13.4. The number of hydrogen-bond acceptors (Lipinski definition) is 4. The molecule has 0 saturated heterocycles. The van der Waals surface area contributed by atoms with E-state index in [1.165, 1.54) is 7.11 Å². The van der Waals surface area contributed by atoms with Crippen molar-refractivity contribution in [3.05, 3.63) is 59.7 Å². The smallest absolute Gasteiger partial charge is 0.328 e. The Morgan fingerprint density at radius 3 is 2.00 bits per heavy atom. The van der Waals surface area contributed by atoms with Crippen molar-refractivity contribution in [3.63, 3.8) is 0 Å². The molecule has 6 heteroatoms. The Bertz CT molecular complexity index is 918. The van der Waals surface area contributed by atoms with Crippen LogP contribution in [0.1, 0.15) is 44.2 Å². The summed E-state index contributed by atoms with van der Waals surface area (Å²) in [6, 6.07) is 15.1. The van der Waals surface area contributed by atoms with Crippen molar-refractivity contribution in [2.24, 2.45) is 0 Å². The predicted molar refractivity (Wildman–Crippen MR) is 125 cm³/mol. The summed E-state index contributed by atoms with van der Waals surface area (Å²) in [6.45, 7) is 11.3. The summed E-state index contributed by atoms with van der Waals surface area (Å²) >= 11 is 0. The fourth-order valence-electron chi connectivity index (χ4n) is 3.73. The van der Waals surface area contributed by atoms with Crippen molar-refractivity contribution >= 4 is 20.2 Å². The van der Waals surface area contributed by atoms with Crippen molar-refractivity contribution in [3.8, 4) is 11.1 Å². The van der Waals surface area contributed by atoms with Gasteiger partial charge in [-0.15, -0.1) is 0 Å². The van der Waals surface area contributed by atoms with Crippen molar-refractivity contribution in [2.45, 2.75) is 57.3 Å². The molecule has 2 aromatic rings. The monoisotopic (exact) mass is 439 g/mol. The van der Waals surface area contributed by atoms with Crippen LogP contribution in [0.2, 0.25) is 18.1 Å². The molecule has 0 aromatic heterocycles. The van der Waals surface area contributed by atoms with Crippen LogP contribution in [0.25, 0.3) is 11.1 Å². The largest absolute Gasteiger partial charge is 0.467 e. The summed E-state index contributed by atoms with van der Waals surface area (Å²) in [5.41, 5.74) is 4.05. The van der Waals surface area contributed by atoms with E-state index < -0.39 is 26.2 Å². The number of methoxy groups -OCH3 is 1. The minimum absolute atomic E-state index is 0.0777. The highest BCUT2D eigenvalue weighted by Gasteiger charge is 2.38. The van der Waals surface area contributed by atoms with Crippen LogP contribution in [0.4, 0.5) is 0 Å². The molecule has 1 atom stereocenters. The SMILES string of the molecule is COC(=O)[C@@H](CCO[Si](C)(C)C(C)(C)C)NC(=O)C1c2ccccc2-c2ccccc21. The summed E-state index contributed by atoms with van der Waals surface area (Å²) in [4.78, 5) is 25.8. The van der Waals surface area contributed by atoms with E-state index in [0.717, 1.165) is 22.3 Å². The van der Waals surface area contributed by atoms with Crippen LogP contribution in [-0.2, 0) is 18.8 Å². The zero-order valence-electron chi connectivity index (χ0n) is 19.3. The number of fused-ring (bicyclic) bond motifs is 3. The van der Waals surface area contributed by atoms with Gasteiger partial charge < -0.3 is 14.5 Å². The molecule has 0 aliphatic heterocycles. The van der Waals surface area contributed by atoms with Gasteiger partial charge >= 0.3 is 5.97 Å². The van der Waals surface area contributed by atoms with Crippen molar-refractivity contribution < 1.29 is 18.8 Å². The van der Waals surface area contributed by atoms with Gasteiger partial charge in [0.15, 0.2) is 8.32 Å². The Hall–Kier alpha value is -2.44. The van der Waals surface area contributed by atoms with Crippen molar-refractivity contribution in [1.29, 1.82) is 0 Å². The number of nitrogens with one attached hydrogen (secondary N) is 1. The first-order valence-electron chi connectivity index (χ1n) is 10.8. The molecule has 31 heavy (non-hydrogen) atoms. The molecule has 0 heterocycles. The lowest BCUT2D eigenvalue weighted by atomic mass is 9.95. The zero-order chi connectivity index (χ0) is 22.8. The summed E-state index contributed by atoms with van der Waals surface area (Å²) in [5, 5.41) is 3.02. The summed E-state index contributed by atoms with van der Waals surface area (Å²) in [6.07, 6.45) is 0.376. The molecular weight excluding hydrogens is 406 g/mol. The van der Waals surface area contributed by atoms with Crippen LogP contribution < -0.4 is 5.32 Å². The lowest BCUT2D eigenvalue weighted by Gasteiger charge is -2.36. The number of carbonyl (C=O) groups is 2. The van der Waals surface area contributed by atoms with E-state index in [1.54, 1.807) is 0 Å². The van der Waals surface area contributed by atoms with E-state index in [0.29, 0.717) is 13.0 Å². The molecule has 0 radical (unpaired) electrons. The molecule has 2 aromatic carbocycles. The van der Waals surface area contributed by atoms with E-state index in [2.05, 4.69) is 39.2 Å². The molecule has 0 bridgehead atoms. The van der Waals surface area contributed by atoms with Crippen molar-refractivity contribution in [2.75, 3.05) is 13.7 Å². The first kappa shape index (κ1) is 23.2. The zero-order valence-corrected chi connectivity index (χ0v) is 20.3. The quantitative estimate of drug-likeness (QED) is 0.494. The average molecular weight is 440 g/mol. The first-order chi connectivity index (χ1) is 14.6. The second-order valence-corrected chi connectivity index (χ2v) is 14.4. The summed E-state index contributed by atoms with van der Waals surface area (Å²) in [5.74, 6) is -1.09. The molecule has 1 N–H and O–H groups in total. The minimum Gasteiger partial charge on any atom is -0.467 e. The van der Waals surface area contributed by atoms with Crippen LogP contribution >= 0.6 is 0 Å². The van der Waals surface area contributed by atoms with E-state index in [1.807, 2.05) is 48.5 Å². The number of benzene rings is 2. The maximum Gasteiger partial charge on any atom is 0.328 e. The Morgan fingerprint density at radius 2 is 1.52 bits per heavy atom. The number of esters is 1. The van der Waals surface area contributed by atoms with Crippen LogP contribution in [0.3, 0.4) is 0 Å². The van der Waals surface area contributed by atoms with Crippen LogP contribution in [-0.4, -0.2) is 40.0 Å². The third-order valence-electron chi connectivity index (χ3n) is 6.57. The van der Waals surface area contributed by atoms with Gasteiger partial charge in [0.05, 0.1) is 13.0 Å². The molecule has 1 aliphatic carbocycles. The summed E-state index contributed by atoms with van der Waals surface area (Å²) in [7, 11) is -0.598. The van der Waals surface area contributed by atoms with Gasteiger partial charge in [-0.3, -0.25) is 4.79 Å². The number of amides is 1. The Kier molecular flexibility index (Phi) is 6.72. The fourth-order valence-corrected chi connectivity index (χ4v) is 4.79. The highest BCUT2D eigenvalue weighted by molar-refractivity contribution is 6.74. The summed E-state index contributed by atoms with van der Waals surface area (Å²) < 4.78 is 11.2. The highest BCUT2D eigenvalue weighted by atomic mass is 28.4. The molecule has 1 aliphatic rings. The predicted octanol–water partition coefficient (Wildman–Crippen LogP) is 4.87. The van der Waals surface area contributed by atoms with Gasteiger partial charge in [-0.05, 0) is 40.4 Å². The van der Waals surface area contributed by atoms with Crippen LogP contribution in [0.5, 0.6) is 0 Å². The molecule has 0 fully saturated rings. The molecule has 0 unspecified atom stereocenters. The Balaban J connectivity index is 1.77. The highest BCUT2D eigenvalue weighted by Crippen LogP contribution is 2.44. The van der Waals surface area contributed by atoms with Gasteiger partial charge in [0, 0.05) is 13.0 Å². The Morgan fingerprint density at radius 1 is 1.00 bits per heavy atom. The van der Waals surface area contributed by atoms with E-state index in [9.17, 15) is 9.59 Å². The van der Waals surface area contributed by atoms with Gasteiger partial charge in [0.1, 0.15) is 6.04 Å². The van der Waals surface area contributed by atoms with E-state index >= 15 is 0 Å². The lowest BCUT2D eigenvalue weighted by Crippen LogP contribution is -2.46. The average Bonchev–Trinajstić information content (AvgIpc) is 3.06. The number of hydrogen-bond donors (Lipinski definition) is 1. The number of carbonyl (C=O) groups excluding carboxylic acids is 2. The number of rotatable bonds is 7. The topological polar surface area (TPSA) is 64.6 Å². The second-order valence-electron chi connectivity index (χ2n) is 9.59. The van der Waals surface area contributed by atoms with Gasteiger partial charge in [-0.1, -0.05) is 69.3 Å². The normalized spacial score (nSPS) is 14.5. The van der Waals surface area contributed by atoms with Gasteiger partial charge in [0.25, 0.3) is 0 Å².